The molecule has 0 saturated heterocycles. The summed E-state index contributed by atoms with van der Waals surface area (Å²) in [7, 11) is 0. The molecule has 2 aromatic carbocycles. The van der Waals surface area contributed by atoms with Crippen LogP contribution < -0.4 is 0 Å². The summed E-state index contributed by atoms with van der Waals surface area (Å²) in [5.74, 6) is 1.72. The zero-order valence-electron chi connectivity index (χ0n) is 19.0. The van der Waals surface area contributed by atoms with Crippen LogP contribution in [0.2, 0.25) is 0 Å². The highest BCUT2D eigenvalue weighted by Gasteiger charge is 2.29. The van der Waals surface area contributed by atoms with Gasteiger partial charge in [0.2, 0.25) is 5.82 Å². The summed E-state index contributed by atoms with van der Waals surface area (Å²) in [5, 5.41) is 14.7. The number of nitrogens with one attached hydrogen (secondary N) is 1. The minimum absolute atomic E-state index is 0.259. The second-order valence-electron chi connectivity index (χ2n) is 8.75. The molecule has 6 rings (SSSR count). The molecule has 0 bridgehead atoms. The van der Waals surface area contributed by atoms with Crippen LogP contribution in [0.4, 0.5) is 0 Å². The third-order valence-corrected chi connectivity index (χ3v) is 6.68. The van der Waals surface area contributed by atoms with E-state index >= 15 is 0 Å². The van der Waals surface area contributed by atoms with Gasteiger partial charge in [-0.05, 0) is 65.8 Å². The average Bonchev–Trinajstić information content (AvgIpc) is 3.57. The number of H-pyrrole nitrogens is 1. The lowest BCUT2D eigenvalue weighted by Crippen LogP contribution is -2.11. The Bertz CT molecular complexity index is 1480. The van der Waals surface area contributed by atoms with Crippen LogP contribution in [-0.2, 0) is 12.8 Å². The monoisotopic (exact) mass is 435 g/mol. The first-order valence-electron chi connectivity index (χ1n) is 11.4. The minimum atomic E-state index is 0.259. The molecule has 7 heteroatoms. The van der Waals surface area contributed by atoms with E-state index in [2.05, 4.69) is 82.4 Å². The van der Waals surface area contributed by atoms with Gasteiger partial charge in [0.25, 0.3) is 0 Å². The highest BCUT2D eigenvalue weighted by molar-refractivity contribution is 5.81. The number of aromatic nitrogens is 7. The van der Waals surface area contributed by atoms with Gasteiger partial charge < -0.3 is 4.57 Å². The Balaban J connectivity index is 1.46. The standard InChI is InChI=1S/C26H25N7/c1-4-23-28-24-15(2)13-16(3)27-26(24)33(23)22-12-10-18-14-17(9-11-20(18)22)19-7-5-6-8-21(19)25-29-31-32-30-25/h5-9,11,13-14,22H,4,10,12H2,1-3H3,(H,29,30,31,32). The summed E-state index contributed by atoms with van der Waals surface area (Å²) < 4.78 is 2.38. The van der Waals surface area contributed by atoms with Gasteiger partial charge in [-0.3, -0.25) is 0 Å². The van der Waals surface area contributed by atoms with Crippen molar-refractivity contribution >= 4 is 11.2 Å². The van der Waals surface area contributed by atoms with Crippen molar-refractivity contribution in [1.29, 1.82) is 0 Å². The van der Waals surface area contributed by atoms with E-state index in [0.717, 1.165) is 53.1 Å². The first-order chi connectivity index (χ1) is 16.1. The van der Waals surface area contributed by atoms with E-state index in [1.807, 2.05) is 12.1 Å². The van der Waals surface area contributed by atoms with Crippen LogP contribution in [0.3, 0.4) is 0 Å². The Morgan fingerprint density at radius 1 is 1.03 bits per heavy atom. The van der Waals surface area contributed by atoms with Crippen molar-refractivity contribution in [2.75, 3.05) is 0 Å². The lowest BCUT2D eigenvalue weighted by molar-refractivity contribution is 0.566. The van der Waals surface area contributed by atoms with Gasteiger partial charge in [0.05, 0.1) is 6.04 Å². The molecule has 1 aliphatic rings. The summed E-state index contributed by atoms with van der Waals surface area (Å²) in [5.41, 5.74) is 10.3. The maximum Gasteiger partial charge on any atom is 0.205 e. The molecule has 7 nitrogen and oxygen atoms in total. The number of aromatic amines is 1. The molecule has 33 heavy (non-hydrogen) atoms. The van der Waals surface area contributed by atoms with Crippen LogP contribution in [-0.4, -0.2) is 35.2 Å². The normalized spacial score (nSPS) is 15.3. The van der Waals surface area contributed by atoms with Crippen molar-refractivity contribution in [3.63, 3.8) is 0 Å². The van der Waals surface area contributed by atoms with Crippen LogP contribution in [0.15, 0.2) is 48.5 Å². The van der Waals surface area contributed by atoms with Crippen LogP contribution >= 0.6 is 0 Å². The van der Waals surface area contributed by atoms with Crippen LogP contribution in [0.5, 0.6) is 0 Å². The molecule has 0 saturated carbocycles. The lowest BCUT2D eigenvalue weighted by atomic mass is 9.96. The molecule has 5 aromatic rings. The molecule has 0 radical (unpaired) electrons. The number of tetrazole rings is 1. The van der Waals surface area contributed by atoms with E-state index in [1.54, 1.807) is 0 Å². The highest BCUT2D eigenvalue weighted by Crippen LogP contribution is 2.40. The SMILES string of the molecule is CCc1nc2c(C)cc(C)nc2n1C1CCc2cc(-c3ccccc3-c3nn[nH]n3)ccc21. The van der Waals surface area contributed by atoms with Gasteiger partial charge >= 0.3 is 0 Å². The molecular formula is C26H25N7. The summed E-state index contributed by atoms with van der Waals surface area (Å²) in [6.07, 6.45) is 2.97. The number of nitrogens with zero attached hydrogens (tertiary/aromatic N) is 6. The zero-order valence-corrected chi connectivity index (χ0v) is 19.0. The molecule has 1 N–H and O–H groups in total. The molecule has 0 aliphatic heterocycles. The summed E-state index contributed by atoms with van der Waals surface area (Å²) in [6.45, 7) is 6.36. The first kappa shape index (κ1) is 19.8. The maximum atomic E-state index is 4.97. The molecule has 1 atom stereocenters. The molecule has 1 aliphatic carbocycles. The second kappa shape index (κ2) is 7.62. The quantitative estimate of drug-likeness (QED) is 0.430. The first-order valence-corrected chi connectivity index (χ1v) is 11.4. The largest absolute Gasteiger partial charge is 0.305 e. The van der Waals surface area contributed by atoms with Gasteiger partial charge in [-0.1, -0.05) is 49.4 Å². The van der Waals surface area contributed by atoms with E-state index < -0.39 is 0 Å². The van der Waals surface area contributed by atoms with Crippen molar-refractivity contribution in [3.05, 3.63) is 76.7 Å². The Kier molecular flexibility index (Phi) is 4.57. The van der Waals surface area contributed by atoms with E-state index in [4.69, 9.17) is 9.97 Å². The van der Waals surface area contributed by atoms with E-state index in [-0.39, 0.29) is 6.04 Å². The maximum absolute atomic E-state index is 4.97. The average molecular weight is 436 g/mol. The van der Waals surface area contributed by atoms with Gasteiger partial charge in [-0.15, -0.1) is 10.2 Å². The predicted octanol–water partition coefficient (Wildman–Crippen LogP) is 4.99. The number of benzene rings is 2. The van der Waals surface area contributed by atoms with Crippen molar-refractivity contribution in [3.8, 4) is 22.5 Å². The molecule has 0 fully saturated rings. The minimum Gasteiger partial charge on any atom is -0.305 e. The summed E-state index contributed by atoms with van der Waals surface area (Å²) >= 11 is 0. The highest BCUT2D eigenvalue weighted by atomic mass is 15.5. The Hall–Kier alpha value is -3.87. The second-order valence-corrected chi connectivity index (χ2v) is 8.75. The van der Waals surface area contributed by atoms with E-state index in [0.29, 0.717) is 5.82 Å². The number of hydrogen-bond donors (Lipinski definition) is 1. The zero-order chi connectivity index (χ0) is 22.5. The Labute approximate surface area is 191 Å². The van der Waals surface area contributed by atoms with Gasteiger partial charge in [-0.25, -0.2) is 9.97 Å². The fourth-order valence-corrected chi connectivity index (χ4v) is 5.24. The summed E-state index contributed by atoms with van der Waals surface area (Å²) in [4.78, 5) is 9.88. The Morgan fingerprint density at radius 2 is 1.88 bits per heavy atom. The molecule has 164 valence electrons. The number of hydrogen-bond acceptors (Lipinski definition) is 5. The summed E-state index contributed by atoms with van der Waals surface area (Å²) in [6, 6.07) is 17.4. The van der Waals surface area contributed by atoms with Gasteiger partial charge in [0.1, 0.15) is 11.3 Å². The third kappa shape index (κ3) is 3.15. The van der Waals surface area contributed by atoms with Gasteiger partial charge in [0, 0.05) is 17.7 Å². The topological polar surface area (TPSA) is 85.2 Å². The predicted molar refractivity (Wildman–Crippen MR) is 128 cm³/mol. The third-order valence-electron chi connectivity index (χ3n) is 6.68. The molecular weight excluding hydrogens is 410 g/mol. The number of aryl methyl sites for hydroxylation is 4. The molecule has 0 spiro atoms. The molecule has 1 unspecified atom stereocenters. The number of rotatable bonds is 4. The number of pyridine rings is 1. The van der Waals surface area contributed by atoms with Crippen LogP contribution in [0.1, 0.15) is 47.6 Å². The smallest absolute Gasteiger partial charge is 0.205 e. The van der Waals surface area contributed by atoms with Gasteiger partial charge in [-0.2, -0.15) is 5.21 Å². The fourth-order valence-electron chi connectivity index (χ4n) is 5.24. The van der Waals surface area contributed by atoms with Crippen molar-refractivity contribution < 1.29 is 0 Å². The lowest BCUT2D eigenvalue weighted by Gasteiger charge is -2.18. The van der Waals surface area contributed by atoms with E-state index in [9.17, 15) is 0 Å². The van der Waals surface area contributed by atoms with Crippen molar-refractivity contribution in [1.82, 2.24) is 35.2 Å². The van der Waals surface area contributed by atoms with E-state index in [1.165, 1.54) is 22.3 Å². The Morgan fingerprint density at radius 3 is 2.67 bits per heavy atom. The molecule has 0 amide bonds. The van der Waals surface area contributed by atoms with Crippen LogP contribution in [0.25, 0.3) is 33.7 Å². The van der Waals surface area contributed by atoms with Crippen LogP contribution in [0, 0.1) is 13.8 Å². The molecule has 3 heterocycles. The van der Waals surface area contributed by atoms with Crippen molar-refractivity contribution in [2.45, 2.75) is 46.1 Å². The molecule has 3 aromatic heterocycles. The van der Waals surface area contributed by atoms with Gasteiger partial charge in [0.15, 0.2) is 5.65 Å². The number of fused-ring (bicyclic) bond motifs is 2. The fraction of sp³-hybridized carbons (Fsp3) is 0.269. The van der Waals surface area contributed by atoms with Crippen molar-refractivity contribution in [2.24, 2.45) is 0 Å². The number of imidazole rings is 1.